The molecule has 1 aliphatic rings. The minimum atomic E-state index is -3.80. The minimum Gasteiger partial charge on any atom is -0.490 e. The maximum absolute atomic E-state index is 12.6. The first kappa shape index (κ1) is 21.4. The van der Waals surface area contributed by atoms with E-state index in [0.717, 1.165) is 11.1 Å². The second-order valence-electron chi connectivity index (χ2n) is 7.03. The average molecular weight is 501 g/mol. The Labute approximate surface area is 190 Å². The number of anilines is 1. The summed E-state index contributed by atoms with van der Waals surface area (Å²) in [6.45, 7) is 4.71. The molecule has 1 aliphatic heterocycles. The Bertz CT molecular complexity index is 1270. The van der Waals surface area contributed by atoms with Crippen LogP contribution in [-0.2, 0) is 16.6 Å². The molecule has 0 saturated carbocycles. The Balaban J connectivity index is 1.68. The number of halogens is 1. The summed E-state index contributed by atoms with van der Waals surface area (Å²) >= 11 is 3.55. The maximum Gasteiger partial charge on any atom is 0.286 e. The van der Waals surface area contributed by atoms with Crippen molar-refractivity contribution < 1.29 is 17.9 Å². The van der Waals surface area contributed by atoms with Crippen molar-refractivity contribution in [2.75, 3.05) is 11.9 Å². The molecule has 0 aromatic heterocycles. The molecule has 31 heavy (non-hydrogen) atoms. The van der Waals surface area contributed by atoms with Crippen LogP contribution in [0.3, 0.4) is 0 Å². The van der Waals surface area contributed by atoms with Crippen molar-refractivity contribution in [3.8, 4) is 11.5 Å². The fraction of sp³-hybridized carbons (Fsp3) is 0.174. The van der Waals surface area contributed by atoms with Gasteiger partial charge in [-0.1, -0.05) is 42.0 Å². The number of aryl methyl sites for hydroxylation is 1. The number of nitrogens with zero attached hydrogens (tertiary/aromatic N) is 1. The fourth-order valence-corrected chi connectivity index (χ4v) is 5.00. The SMILES string of the molecule is CCOc1cc(C2=NS(=O)(=O)c3ccccc3N2)cc(Br)c1OCc1cccc(C)c1. The van der Waals surface area contributed by atoms with Gasteiger partial charge in [-0.25, -0.2) is 0 Å². The number of benzene rings is 3. The van der Waals surface area contributed by atoms with Gasteiger partial charge < -0.3 is 14.8 Å². The summed E-state index contributed by atoms with van der Waals surface area (Å²) in [6.07, 6.45) is 0. The van der Waals surface area contributed by atoms with Crippen LogP contribution in [-0.4, -0.2) is 20.9 Å². The number of sulfonamides is 1. The van der Waals surface area contributed by atoms with Gasteiger partial charge in [0.05, 0.1) is 16.8 Å². The van der Waals surface area contributed by atoms with Crippen LogP contribution in [0.1, 0.15) is 23.6 Å². The molecule has 0 spiro atoms. The van der Waals surface area contributed by atoms with Gasteiger partial charge in [-0.15, -0.1) is 4.40 Å². The molecule has 1 heterocycles. The highest BCUT2D eigenvalue weighted by Crippen LogP contribution is 2.39. The first-order valence-corrected chi connectivity index (χ1v) is 12.0. The number of rotatable bonds is 6. The molecule has 0 atom stereocenters. The third-order valence-corrected chi connectivity index (χ3v) is 6.60. The molecule has 1 N–H and O–H groups in total. The van der Waals surface area contributed by atoms with E-state index < -0.39 is 10.0 Å². The number of hydrogen-bond acceptors (Lipinski definition) is 5. The van der Waals surface area contributed by atoms with Gasteiger partial charge in [0.25, 0.3) is 10.0 Å². The molecule has 0 saturated heterocycles. The summed E-state index contributed by atoms with van der Waals surface area (Å²) in [7, 11) is -3.80. The van der Waals surface area contributed by atoms with E-state index in [0.29, 0.717) is 40.4 Å². The Kier molecular flexibility index (Phi) is 6.02. The van der Waals surface area contributed by atoms with Crippen molar-refractivity contribution in [3.05, 3.63) is 81.8 Å². The van der Waals surface area contributed by atoms with Crippen LogP contribution in [0, 0.1) is 6.92 Å². The Hall–Kier alpha value is -2.84. The molecular formula is C23H21BrN2O4S. The van der Waals surface area contributed by atoms with Gasteiger partial charge in [0.1, 0.15) is 11.5 Å². The molecule has 0 aliphatic carbocycles. The van der Waals surface area contributed by atoms with Crippen molar-refractivity contribution in [2.45, 2.75) is 25.3 Å². The van der Waals surface area contributed by atoms with Crippen LogP contribution in [0.4, 0.5) is 5.69 Å². The van der Waals surface area contributed by atoms with E-state index in [2.05, 4.69) is 31.7 Å². The summed E-state index contributed by atoms with van der Waals surface area (Å²) in [5.74, 6) is 1.28. The predicted octanol–water partition coefficient (Wildman–Crippen LogP) is 5.30. The van der Waals surface area contributed by atoms with E-state index in [1.54, 1.807) is 30.3 Å². The van der Waals surface area contributed by atoms with E-state index in [1.807, 2.05) is 32.0 Å². The lowest BCUT2D eigenvalue weighted by Crippen LogP contribution is -2.22. The van der Waals surface area contributed by atoms with Gasteiger partial charge in [0, 0.05) is 5.56 Å². The largest absolute Gasteiger partial charge is 0.490 e. The number of hydrogen-bond donors (Lipinski definition) is 1. The Morgan fingerprint density at radius 3 is 2.61 bits per heavy atom. The number of para-hydroxylation sites is 1. The molecule has 0 fully saturated rings. The summed E-state index contributed by atoms with van der Waals surface area (Å²) in [4.78, 5) is 0.154. The lowest BCUT2D eigenvalue weighted by Gasteiger charge is -2.20. The summed E-state index contributed by atoms with van der Waals surface area (Å²) in [6, 6.07) is 18.3. The van der Waals surface area contributed by atoms with Crippen LogP contribution in [0.15, 0.2) is 74.4 Å². The summed E-state index contributed by atoms with van der Waals surface area (Å²) in [5, 5.41) is 3.10. The zero-order valence-corrected chi connectivity index (χ0v) is 19.5. The standard InChI is InChI=1S/C23H21BrN2O4S/c1-3-29-20-13-17(23-25-19-9-4-5-10-21(19)31(27,28)26-23)12-18(24)22(20)30-14-16-8-6-7-15(2)11-16/h4-13H,3,14H2,1-2H3,(H,25,26). The van der Waals surface area contributed by atoms with Crippen molar-refractivity contribution in [1.82, 2.24) is 0 Å². The van der Waals surface area contributed by atoms with Crippen molar-refractivity contribution in [2.24, 2.45) is 4.40 Å². The highest BCUT2D eigenvalue weighted by molar-refractivity contribution is 9.10. The number of ether oxygens (including phenoxy) is 2. The Morgan fingerprint density at radius 2 is 1.84 bits per heavy atom. The highest BCUT2D eigenvalue weighted by Gasteiger charge is 2.26. The van der Waals surface area contributed by atoms with Crippen LogP contribution in [0.25, 0.3) is 0 Å². The maximum atomic E-state index is 12.6. The van der Waals surface area contributed by atoms with E-state index in [4.69, 9.17) is 9.47 Å². The molecular weight excluding hydrogens is 480 g/mol. The molecule has 0 radical (unpaired) electrons. The number of nitrogens with one attached hydrogen (secondary N) is 1. The molecule has 0 bridgehead atoms. The number of fused-ring (bicyclic) bond motifs is 1. The van der Waals surface area contributed by atoms with E-state index in [9.17, 15) is 8.42 Å². The van der Waals surface area contributed by atoms with E-state index in [1.165, 1.54) is 6.07 Å². The zero-order chi connectivity index (χ0) is 22.0. The van der Waals surface area contributed by atoms with Gasteiger partial charge in [-0.05, 0) is 59.6 Å². The van der Waals surface area contributed by atoms with Crippen LogP contribution >= 0.6 is 15.9 Å². The van der Waals surface area contributed by atoms with Gasteiger partial charge in [-0.2, -0.15) is 8.42 Å². The Morgan fingerprint density at radius 1 is 1.03 bits per heavy atom. The smallest absolute Gasteiger partial charge is 0.286 e. The van der Waals surface area contributed by atoms with Crippen LogP contribution in [0.2, 0.25) is 0 Å². The molecule has 0 unspecified atom stereocenters. The highest BCUT2D eigenvalue weighted by atomic mass is 79.9. The molecule has 8 heteroatoms. The third kappa shape index (κ3) is 4.60. The minimum absolute atomic E-state index is 0.154. The van der Waals surface area contributed by atoms with Crippen molar-refractivity contribution in [1.29, 1.82) is 0 Å². The fourth-order valence-electron chi connectivity index (χ4n) is 3.30. The number of amidine groups is 1. The molecule has 160 valence electrons. The molecule has 3 aromatic carbocycles. The normalized spacial score (nSPS) is 14.2. The molecule has 3 aromatic rings. The monoisotopic (exact) mass is 500 g/mol. The third-order valence-electron chi connectivity index (χ3n) is 4.68. The van der Waals surface area contributed by atoms with E-state index >= 15 is 0 Å². The van der Waals surface area contributed by atoms with Crippen LogP contribution in [0.5, 0.6) is 11.5 Å². The van der Waals surface area contributed by atoms with E-state index in [-0.39, 0.29) is 10.7 Å². The quantitative estimate of drug-likeness (QED) is 0.497. The molecule has 4 rings (SSSR count). The second-order valence-corrected chi connectivity index (χ2v) is 9.46. The lowest BCUT2D eigenvalue weighted by molar-refractivity contribution is 0.267. The van der Waals surface area contributed by atoms with Gasteiger partial charge >= 0.3 is 0 Å². The van der Waals surface area contributed by atoms with Crippen molar-refractivity contribution >= 4 is 37.5 Å². The molecule has 6 nitrogen and oxygen atoms in total. The summed E-state index contributed by atoms with van der Waals surface area (Å²) in [5.41, 5.74) is 3.25. The van der Waals surface area contributed by atoms with Gasteiger partial charge in [0.2, 0.25) is 0 Å². The second kappa shape index (κ2) is 8.72. The van der Waals surface area contributed by atoms with Crippen molar-refractivity contribution in [3.63, 3.8) is 0 Å². The van der Waals surface area contributed by atoms with Gasteiger partial charge in [-0.3, -0.25) is 0 Å². The summed E-state index contributed by atoms with van der Waals surface area (Å²) < 4.78 is 41.7. The first-order chi connectivity index (χ1) is 14.9. The first-order valence-electron chi connectivity index (χ1n) is 9.73. The average Bonchev–Trinajstić information content (AvgIpc) is 2.73. The van der Waals surface area contributed by atoms with Crippen LogP contribution < -0.4 is 14.8 Å². The zero-order valence-electron chi connectivity index (χ0n) is 17.1. The predicted molar refractivity (Wildman–Crippen MR) is 125 cm³/mol. The lowest BCUT2D eigenvalue weighted by atomic mass is 10.1. The van der Waals surface area contributed by atoms with Gasteiger partial charge in [0.15, 0.2) is 17.3 Å². The molecule has 0 amide bonds. The topological polar surface area (TPSA) is 77.0 Å².